The van der Waals surface area contributed by atoms with Crippen molar-refractivity contribution in [3.63, 3.8) is 0 Å². The van der Waals surface area contributed by atoms with Gasteiger partial charge in [-0.1, -0.05) is 29.3 Å². The van der Waals surface area contributed by atoms with E-state index in [1.807, 2.05) is 62.2 Å². The largest absolute Gasteiger partial charge is 0.356 e. The zero-order chi connectivity index (χ0) is 19.6. The molecule has 0 fully saturated rings. The monoisotopic (exact) mass is 422 g/mol. The van der Waals surface area contributed by atoms with E-state index in [0.717, 1.165) is 16.8 Å². The van der Waals surface area contributed by atoms with Crippen molar-refractivity contribution in [2.75, 3.05) is 5.32 Å². The molecule has 0 saturated carbocycles. The number of hydrogen-bond acceptors (Lipinski definition) is 3. The third-order valence-corrected chi connectivity index (χ3v) is 5.28. The predicted octanol–water partition coefficient (Wildman–Crippen LogP) is 4.33. The Balaban J connectivity index is 1.62. The van der Waals surface area contributed by atoms with Crippen molar-refractivity contribution < 1.29 is 0 Å². The molecular formula is C18H20Cl2N6S. The van der Waals surface area contributed by atoms with Crippen LogP contribution in [0.1, 0.15) is 29.8 Å². The van der Waals surface area contributed by atoms with Crippen molar-refractivity contribution in [2.24, 2.45) is 7.05 Å². The van der Waals surface area contributed by atoms with Gasteiger partial charge in [-0.15, -0.1) is 0 Å². The van der Waals surface area contributed by atoms with Crippen molar-refractivity contribution in [1.82, 2.24) is 24.9 Å². The first kappa shape index (κ1) is 19.7. The van der Waals surface area contributed by atoms with Crippen LogP contribution < -0.4 is 10.6 Å². The smallest absolute Gasteiger partial charge is 0.172 e. The summed E-state index contributed by atoms with van der Waals surface area (Å²) < 4.78 is 3.60. The molecule has 2 heterocycles. The van der Waals surface area contributed by atoms with Gasteiger partial charge in [-0.05, 0) is 38.2 Å². The van der Waals surface area contributed by atoms with Gasteiger partial charge < -0.3 is 10.6 Å². The van der Waals surface area contributed by atoms with Crippen LogP contribution in [0.15, 0.2) is 36.7 Å². The highest BCUT2D eigenvalue weighted by Gasteiger charge is 2.14. The van der Waals surface area contributed by atoms with Gasteiger partial charge in [0.15, 0.2) is 10.9 Å². The summed E-state index contributed by atoms with van der Waals surface area (Å²) in [6, 6.07) is 7.32. The van der Waals surface area contributed by atoms with Crippen LogP contribution in [0.5, 0.6) is 0 Å². The molecule has 2 aromatic heterocycles. The van der Waals surface area contributed by atoms with Crippen LogP contribution in [0.25, 0.3) is 0 Å². The van der Waals surface area contributed by atoms with Crippen LogP contribution in [0.2, 0.25) is 10.0 Å². The van der Waals surface area contributed by atoms with Gasteiger partial charge >= 0.3 is 0 Å². The zero-order valence-electron chi connectivity index (χ0n) is 15.2. The number of aromatic nitrogens is 4. The molecule has 0 saturated heterocycles. The highest BCUT2D eigenvalue weighted by molar-refractivity contribution is 7.80. The second-order valence-corrected chi connectivity index (χ2v) is 7.45. The molecule has 0 aliphatic heterocycles. The molecular weight excluding hydrogens is 403 g/mol. The maximum atomic E-state index is 6.22. The Labute approximate surface area is 173 Å². The SMILES string of the molecule is Cc1c(C(C)NC(=S)Nc2ccn(Cc3c(Cl)cccc3Cl)n2)cnn1C. The van der Waals surface area contributed by atoms with Crippen LogP contribution in [0, 0.1) is 6.92 Å². The molecule has 0 aliphatic carbocycles. The standard InChI is InChI=1S/C18H20Cl2N6S/c1-11(13-9-21-25(3)12(13)2)22-18(27)23-17-7-8-26(24-17)10-14-15(19)5-4-6-16(14)20/h4-9,11H,10H2,1-3H3,(H2,22,23,24,27). The van der Waals surface area contributed by atoms with Crippen LogP contribution in [-0.4, -0.2) is 24.7 Å². The van der Waals surface area contributed by atoms with E-state index in [1.165, 1.54) is 0 Å². The maximum absolute atomic E-state index is 6.22. The summed E-state index contributed by atoms with van der Waals surface area (Å²) in [5.74, 6) is 0.644. The zero-order valence-corrected chi connectivity index (χ0v) is 17.5. The molecule has 1 atom stereocenters. The van der Waals surface area contributed by atoms with Crippen LogP contribution in [-0.2, 0) is 13.6 Å². The lowest BCUT2D eigenvalue weighted by Gasteiger charge is -2.16. The van der Waals surface area contributed by atoms with E-state index in [4.69, 9.17) is 35.4 Å². The summed E-state index contributed by atoms with van der Waals surface area (Å²) in [4.78, 5) is 0. The van der Waals surface area contributed by atoms with Gasteiger partial charge in [0.25, 0.3) is 0 Å². The Hall–Kier alpha value is -2.09. The number of thiocarbonyl (C=S) groups is 1. The highest BCUT2D eigenvalue weighted by Crippen LogP contribution is 2.25. The number of hydrogen-bond donors (Lipinski definition) is 2. The van der Waals surface area contributed by atoms with Crippen molar-refractivity contribution in [1.29, 1.82) is 0 Å². The molecule has 0 spiro atoms. The Morgan fingerprint density at radius 3 is 2.59 bits per heavy atom. The lowest BCUT2D eigenvalue weighted by atomic mass is 10.1. The number of halogens is 2. The van der Waals surface area contributed by atoms with Gasteiger partial charge in [-0.3, -0.25) is 9.36 Å². The normalized spacial score (nSPS) is 12.0. The fraction of sp³-hybridized carbons (Fsp3) is 0.278. The molecule has 27 heavy (non-hydrogen) atoms. The molecule has 6 nitrogen and oxygen atoms in total. The molecule has 1 aromatic carbocycles. The van der Waals surface area contributed by atoms with Crippen molar-refractivity contribution in [2.45, 2.75) is 26.4 Å². The average Bonchev–Trinajstić information content (AvgIpc) is 3.18. The lowest BCUT2D eigenvalue weighted by Crippen LogP contribution is -2.31. The summed E-state index contributed by atoms with van der Waals surface area (Å²) in [5.41, 5.74) is 3.02. The molecule has 9 heteroatoms. The Kier molecular flexibility index (Phi) is 6.04. The number of nitrogens with zero attached hydrogens (tertiary/aromatic N) is 4. The summed E-state index contributed by atoms with van der Waals surface area (Å²) in [5, 5.41) is 16.8. The summed E-state index contributed by atoms with van der Waals surface area (Å²) in [6.45, 7) is 4.54. The number of benzene rings is 1. The van der Waals surface area contributed by atoms with Crippen molar-refractivity contribution in [3.8, 4) is 0 Å². The minimum absolute atomic E-state index is 0.0303. The van der Waals surface area contributed by atoms with Gasteiger partial charge in [-0.25, -0.2) is 0 Å². The fourth-order valence-electron chi connectivity index (χ4n) is 2.73. The number of anilines is 1. The number of rotatable bonds is 5. The maximum Gasteiger partial charge on any atom is 0.172 e. The highest BCUT2D eigenvalue weighted by atomic mass is 35.5. The van der Waals surface area contributed by atoms with Crippen molar-refractivity contribution in [3.05, 3.63) is 63.5 Å². The average molecular weight is 423 g/mol. The quantitative estimate of drug-likeness (QED) is 0.599. The topological polar surface area (TPSA) is 59.7 Å². The third-order valence-electron chi connectivity index (χ3n) is 4.35. The minimum atomic E-state index is 0.0303. The van der Waals surface area contributed by atoms with E-state index in [2.05, 4.69) is 20.8 Å². The summed E-state index contributed by atoms with van der Waals surface area (Å²) >= 11 is 17.8. The molecule has 2 N–H and O–H groups in total. The van der Waals surface area contributed by atoms with E-state index in [-0.39, 0.29) is 6.04 Å². The van der Waals surface area contributed by atoms with E-state index < -0.39 is 0 Å². The molecule has 0 amide bonds. The van der Waals surface area contributed by atoms with E-state index >= 15 is 0 Å². The second kappa shape index (κ2) is 8.29. The van der Waals surface area contributed by atoms with E-state index in [1.54, 1.807) is 4.68 Å². The fourth-order valence-corrected chi connectivity index (χ4v) is 3.53. The van der Waals surface area contributed by atoms with Gasteiger partial charge in [-0.2, -0.15) is 10.2 Å². The predicted molar refractivity (Wildman–Crippen MR) is 114 cm³/mol. The second-order valence-electron chi connectivity index (χ2n) is 6.23. The van der Waals surface area contributed by atoms with Gasteiger partial charge in [0.1, 0.15) is 0 Å². The molecule has 3 aromatic rings. The Bertz CT molecular complexity index is 944. The lowest BCUT2D eigenvalue weighted by molar-refractivity contribution is 0.688. The molecule has 1 unspecified atom stereocenters. The van der Waals surface area contributed by atoms with Gasteiger partial charge in [0.2, 0.25) is 0 Å². The van der Waals surface area contributed by atoms with Crippen molar-refractivity contribution >= 4 is 46.4 Å². The number of aryl methyl sites for hydroxylation is 1. The molecule has 0 aliphatic rings. The van der Waals surface area contributed by atoms with Crippen LogP contribution in [0.3, 0.4) is 0 Å². The Morgan fingerprint density at radius 1 is 1.26 bits per heavy atom. The van der Waals surface area contributed by atoms with Crippen LogP contribution in [0.4, 0.5) is 5.82 Å². The molecule has 0 bridgehead atoms. The first-order valence-electron chi connectivity index (χ1n) is 8.37. The van der Waals surface area contributed by atoms with E-state index in [0.29, 0.717) is 27.5 Å². The Morgan fingerprint density at radius 2 is 1.96 bits per heavy atom. The minimum Gasteiger partial charge on any atom is -0.356 e. The first-order valence-corrected chi connectivity index (χ1v) is 9.54. The van der Waals surface area contributed by atoms with Gasteiger partial charge in [0, 0.05) is 46.2 Å². The van der Waals surface area contributed by atoms with Gasteiger partial charge in [0.05, 0.1) is 18.8 Å². The molecule has 142 valence electrons. The molecule has 0 radical (unpaired) electrons. The molecule has 3 rings (SSSR count). The van der Waals surface area contributed by atoms with E-state index in [9.17, 15) is 0 Å². The summed E-state index contributed by atoms with van der Waals surface area (Å²) in [7, 11) is 1.92. The third kappa shape index (κ3) is 4.61. The number of nitrogens with one attached hydrogen (secondary N) is 2. The first-order chi connectivity index (χ1) is 12.8. The van der Waals surface area contributed by atoms with Crippen LogP contribution >= 0.6 is 35.4 Å². The summed E-state index contributed by atoms with van der Waals surface area (Å²) in [6.07, 6.45) is 3.69.